The summed E-state index contributed by atoms with van der Waals surface area (Å²) < 4.78 is 36.6. The fourth-order valence-electron chi connectivity index (χ4n) is 1.43. The van der Waals surface area contributed by atoms with Gasteiger partial charge in [0.05, 0.1) is 10.6 Å². The van der Waals surface area contributed by atoms with Gasteiger partial charge in [-0.25, -0.2) is 12.8 Å². The van der Waals surface area contributed by atoms with Crippen LogP contribution in [0.2, 0.25) is 0 Å². The Bertz CT molecular complexity index is 594. The molecule has 0 atom stereocenters. The maximum atomic E-state index is 12.7. The molecule has 0 saturated heterocycles. The molecular weight excluding hydrogens is 241 g/mol. The van der Waals surface area contributed by atoms with E-state index < -0.39 is 15.7 Å². The summed E-state index contributed by atoms with van der Waals surface area (Å²) >= 11 is 0. The summed E-state index contributed by atoms with van der Waals surface area (Å²) in [4.78, 5) is 3.97. The van der Waals surface area contributed by atoms with Crippen molar-refractivity contribution < 1.29 is 12.8 Å². The second-order valence-corrected chi connectivity index (χ2v) is 5.56. The molecular formula is C12H10FNO2S. The highest BCUT2D eigenvalue weighted by atomic mass is 32.2. The lowest BCUT2D eigenvalue weighted by Crippen LogP contribution is -2.05. The van der Waals surface area contributed by atoms with Crippen LogP contribution in [-0.4, -0.2) is 13.4 Å². The number of sulfone groups is 1. The maximum absolute atomic E-state index is 12.7. The lowest BCUT2D eigenvalue weighted by atomic mass is 10.3. The number of hydrogen-bond acceptors (Lipinski definition) is 3. The molecule has 0 aliphatic carbocycles. The monoisotopic (exact) mass is 251 g/mol. The maximum Gasteiger partial charge on any atom is 0.182 e. The second-order valence-electron chi connectivity index (χ2n) is 3.57. The van der Waals surface area contributed by atoms with Crippen LogP contribution in [-0.2, 0) is 15.6 Å². The van der Waals surface area contributed by atoms with Crippen molar-refractivity contribution in [2.24, 2.45) is 0 Å². The molecule has 0 aliphatic rings. The van der Waals surface area contributed by atoms with E-state index in [9.17, 15) is 12.8 Å². The van der Waals surface area contributed by atoms with Gasteiger partial charge in [0.25, 0.3) is 0 Å². The molecule has 2 rings (SSSR count). The fourth-order valence-corrected chi connectivity index (χ4v) is 2.76. The Morgan fingerprint density at radius 3 is 2.41 bits per heavy atom. The van der Waals surface area contributed by atoms with E-state index in [1.165, 1.54) is 18.3 Å². The molecule has 1 aromatic carbocycles. The van der Waals surface area contributed by atoms with Gasteiger partial charge in [-0.3, -0.25) is 4.98 Å². The lowest BCUT2D eigenvalue weighted by Gasteiger charge is -2.04. The van der Waals surface area contributed by atoms with E-state index in [0.717, 1.165) is 12.1 Å². The quantitative estimate of drug-likeness (QED) is 0.786. The highest BCUT2D eigenvalue weighted by Crippen LogP contribution is 2.16. The van der Waals surface area contributed by atoms with Gasteiger partial charge in [0, 0.05) is 12.4 Å². The first-order valence-corrected chi connectivity index (χ1v) is 6.60. The van der Waals surface area contributed by atoms with Crippen LogP contribution in [0.4, 0.5) is 4.39 Å². The number of nitrogens with zero attached hydrogens (tertiary/aromatic N) is 1. The molecule has 0 saturated carbocycles. The predicted molar refractivity (Wildman–Crippen MR) is 61.5 cm³/mol. The van der Waals surface area contributed by atoms with Gasteiger partial charge < -0.3 is 0 Å². The standard InChI is InChI=1S/C12H10FNO2S/c13-11-3-5-12(6-4-11)17(15,16)9-10-2-1-7-14-8-10/h1-8H,9H2. The Morgan fingerprint density at radius 2 is 1.82 bits per heavy atom. The number of hydrogen-bond donors (Lipinski definition) is 0. The van der Waals surface area contributed by atoms with Crippen molar-refractivity contribution >= 4 is 9.84 Å². The molecule has 0 radical (unpaired) electrons. The highest BCUT2D eigenvalue weighted by Gasteiger charge is 2.15. The average Bonchev–Trinajstić information content (AvgIpc) is 2.30. The van der Waals surface area contributed by atoms with E-state index in [4.69, 9.17) is 0 Å². The van der Waals surface area contributed by atoms with Gasteiger partial charge >= 0.3 is 0 Å². The van der Waals surface area contributed by atoms with Crippen LogP contribution in [0.1, 0.15) is 5.56 Å². The van der Waals surface area contributed by atoms with E-state index in [1.807, 2.05) is 0 Å². The van der Waals surface area contributed by atoms with Gasteiger partial charge in [0.2, 0.25) is 0 Å². The molecule has 0 fully saturated rings. The van der Waals surface area contributed by atoms with Gasteiger partial charge in [0.15, 0.2) is 9.84 Å². The first kappa shape index (κ1) is 11.7. The summed E-state index contributed by atoms with van der Waals surface area (Å²) in [6.07, 6.45) is 3.08. The van der Waals surface area contributed by atoms with Crippen LogP contribution < -0.4 is 0 Å². The fraction of sp³-hybridized carbons (Fsp3) is 0.0833. The molecule has 3 nitrogen and oxygen atoms in total. The second kappa shape index (κ2) is 4.63. The van der Waals surface area contributed by atoms with Crippen LogP contribution in [0, 0.1) is 5.82 Å². The molecule has 88 valence electrons. The highest BCUT2D eigenvalue weighted by molar-refractivity contribution is 7.90. The summed E-state index contributed by atoms with van der Waals surface area (Å²) in [6, 6.07) is 8.16. The number of pyridine rings is 1. The zero-order valence-corrected chi connectivity index (χ0v) is 9.69. The van der Waals surface area contributed by atoms with Gasteiger partial charge in [0.1, 0.15) is 5.82 Å². The molecule has 0 aliphatic heterocycles. The zero-order chi connectivity index (χ0) is 12.3. The summed E-state index contributed by atoms with van der Waals surface area (Å²) in [5.41, 5.74) is 0.608. The summed E-state index contributed by atoms with van der Waals surface area (Å²) in [5, 5.41) is 0. The molecule has 1 aromatic heterocycles. The van der Waals surface area contributed by atoms with Crippen molar-refractivity contribution in [3.05, 3.63) is 60.2 Å². The predicted octanol–water partition coefficient (Wildman–Crippen LogP) is 2.19. The molecule has 0 N–H and O–H groups in total. The normalized spacial score (nSPS) is 11.4. The molecule has 0 amide bonds. The Labute approximate surface area is 98.9 Å². The molecule has 1 heterocycles. The number of rotatable bonds is 3. The van der Waals surface area contributed by atoms with Crippen molar-refractivity contribution in [1.29, 1.82) is 0 Å². The minimum atomic E-state index is -3.44. The largest absolute Gasteiger partial charge is 0.264 e. The van der Waals surface area contributed by atoms with Crippen LogP contribution >= 0.6 is 0 Å². The summed E-state index contributed by atoms with van der Waals surface area (Å²) in [7, 11) is -3.44. The lowest BCUT2D eigenvalue weighted by molar-refractivity contribution is 0.594. The van der Waals surface area contributed by atoms with Crippen LogP contribution in [0.5, 0.6) is 0 Å². The zero-order valence-electron chi connectivity index (χ0n) is 8.88. The van der Waals surface area contributed by atoms with E-state index in [2.05, 4.69) is 4.98 Å². The van der Waals surface area contributed by atoms with Crippen molar-refractivity contribution in [3.63, 3.8) is 0 Å². The van der Waals surface area contributed by atoms with E-state index in [1.54, 1.807) is 18.3 Å². The Morgan fingerprint density at radius 1 is 1.12 bits per heavy atom. The Kier molecular flexibility index (Phi) is 3.19. The van der Waals surface area contributed by atoms with Crippen molar-refractivity contribution in [2.45, 2.75) is 10.6 Å². The molecule has 2 aromatic rings. The smallest absolute Gasteiger partial charge is 0.182 e. The number of benzene rings is 1. The van der Waals surface area contributed by atoms with Crippen molar-refractivity contribution in [1.82, 2.24) is 4.98 Å². The molecule has 17 heavy (non-hydrogen) atoms. The molecule has 5 heteroatoms. The summed E-state index contributed by atoms with van der Waals surface area (Å²) in [6.45, 7) is 0. The first-order valence-electron chi connectivity index (χ1n) is 4.95. The van der Waals surface area contributed by atoms with E-state index >= 15 is 0 Å². The van der Waals surface area contributed by atoms with E-state index in [0.29, 0.717) is 5.56 Å². The molecule has 0 spiro atoms. The van der Waals surface area contributed by atoms with Gasteiger partial charge in [-0.1, -0.05) is 6.07 Å². The molecule has 0 unspecified atom stereocenters. The van der Waals surface area contributed by atoms with Gasteiger partial charge in [-0.2, -0.15) is 0 Å². The average molecular weight is 251 g/mol. The molecule has 0 bridgehead atoms. The number of aromatic nitrogens is 1. The number of halogens is 1. The van der Waals surface area contributed by atoms with Gasteiger partial charge in [-0.05, 0) is 35.9 Å². The van der Waals surface area contributed by atoms with Crippen LogP contribution in [0.3, 0.4) is 0 Å². The topological polar surface area (TPSA) is 47.0 Å². The summed E-state index contributed by atoms with van der Waals surface area (Å²) in [5.74, 6) is -0.586. The Hall–Kier alpha value is -1.75. The third kappa shape index (κ3) is 2.88. The van der Waals surface area contributed by atoms with Crippen molar-refractivity contribution in [3.8, 4) is 0 Å². The SMILES string of the molecule is O=S(=O)(Cc1cccnc1)c1ccc(F)cc1. The van der Waals surface area contributed by atoms with Gasteiger partial charge in [-0.15, -0.1) is 0 Å². The van der Waals surface area contributed by atoms with Crippen molar-refractivity contribution in [2.75, 3.05) is 0 Å². The third-order valence-electron chi connectivity index (χ3n) is 2.25. The minimum absolute atomic E-state index is 0.114. The van der Waals surface area contributed by atoms with Crippen LogP contribution in [0.25, 0.3) is 0 Å². The first-order chi connectivity index (χ1) is 8.08. The Balaban J connectivity index is 2.29. The van der Waals surface area contributed by atoms with E-state index in [-0.39, 0.29) is 10.6 Å². The van der Waals surface area contributed by atoms with Crippen LogP contribution in [0.15, 0.2) is 53.7 Å². The minimum Gasteiger partial charge on any atom is -0.264 e. The third-order valence-corrected chi connectivity index (χ3v) is 3.96.